The summed E-state index contributed by atoms with van der Waals surface area (Å²) in [5, 5.41) is 14.5. The molecule has 6 heteroatoms. The summed E-state index contributed by atoms with van der Waals surface area (Å²) >= 11 is 0. The fraction of sp³-hybridized carbons (Fsp3) is 0.647. The predicted molar refractivity (Wildman–Crippen MR) is 88.7 cm³/mol. The first-order valence-electron chi connectivity index (χ1n) is 8.45. The summed E-state index contributed by atoms with van der Waals surface area (Å²) in [6.07, 6.45) is 3.70. The maximum Gasteiger partial charge on any atom is 0.270 e. The summed E-state index contributed by atoms with van der Waals surface area (Å²) in [7, 11) is 0. The molecule has 2 fully saturated rings. The van der Waals surface area contributed by atoms with Crippen molar-refractivity contribution in [3.63, 3.8) is 0 Å². The average molecular weight is 319 g/mol. The summed E-state index contributed by atoms with van der Waals surface area (Å²) in [4.78, 5) is 13.1. The second-order valence-corrected chi connectivity index (χ2v) is 6.69. The second kappa shape index (κ2) is 6.84. The van der Waals surface area contributed by atoms with Gasteiger partial charge in [-0.25, -0.2) is 0 Å². The van der Waals surface area contributed by atoms with Crippen molar-refractivity contribution < 1.29 is 9.66 Å². The first-order valence-corrected chi connectivity index (χ1v) is 8.45. The third-order valence-corrected chi connectivity index (χ3v) is 5.13. The van der Waals surface area contributed by atoms with E-state index in [0.717, 1.165) is 44.0 Å². The molecular weight excluding hydrogens is 294 g/mol. The Morgan fingerprint density at radius 2 is 2.13 bits per heavy atom. The summed E-state index contributed by atoms with van der Waals surface area (Å²) in [6, 6.07) is 4.92. The number of hydrogen-bond donors (Lipinski definition) is 1. The van der Waals surface area contributed by atoms with E-state index >= 15 is 0 Å². The monoisotopic (exact) mass is 319 g/mol. The number of piperidine rings is 1. The summed E-state index contributed by atoms with van der Waals surface area (Å²) in [5.74, 6) is 0.768. The molecule has 3 rings (SSSR count). The fourth-order valence-electron chi connectivity index (χ4n) is 3.87. The van der Waals surface area contributed by atoms with E-state index in [1.165, 1.54) is 25.3 Å². The van der Waals surface area contributed by atoms with Crippen molar-refractivity contribution in [1.29, 1.82) is 0 Å². The molecule has 0 amide bonds. The largest absolute Gasteiger partial charge is 0.494 e. The van der Waals surface area contributed by atoms with Gasteiger partial charge >= 0.3 is 0 Å². The van der Waals surface area contributed by atoms with Crippen molar-refractivity contribution in [2.75, 3.05) is 32.8 Å². The van der Waals surface area contributed by atoms with Crippen molar-refractivity contribution in [2.24, 2.45) is 5.41 Å². The van der Waals surface area contributed by atoms with Crippen LogP contribution in [0.3, 0.4) is 0 Å². The van der Waals surface area contributed by atoms with Gasteiger partial charge in [-0.2, -0.15) is 0 Å². The molecule has 2 aliphatic heterocycles. The van der Waals surface area contributed by atoms with E-state index in [9.17, 15) is 10.1 Å². The van der Waals surface area contributed by atoms with E-state index in [0.29, 0.717) is 12.0 Å². The molecule has 6 nitrogen and oxygen atoms in total. The number of nitro benzene ring substituents is 1. The summed E-state index contributed by atoms with van der Waals surface area (Å²) in [6.45, 7) is 7.60. The molecule has 0 bridgehead atoms. The summed E-state index contributed by atoms with van der Waals surface area (Å²) in [5.41, 5.74) is 1.50. The second-order valence-electron chi connectivity index (χ2n) is 6.69. The number of rotatable bonds is 5. The Morgan fingerprint density at radius 3 is 2.83 bits per heavy atom. The lowest BCUT2D eigenvalue weighted by Gasteiger charge is -2.34. The van der Waals surface area contributed by atoms with Gasteiger partial charge in [-0.3, -0.25) is 15.0 Å². The Kier molecular flexibility index (Phi) is 4.82. The fourth-order valence-corrected chi connectivity index (χ4v) is 3.87. The standard InChI is InChI=1S/C17H25N3O3/c1-2-23-16-4-3-15(20(21)22)11-14(16)12-19-10-7-17(13-19)5-8-18-9-6-17/h3-4,11,18H,2,5-10,12-13H2,1H3. The van der Waals surface area contributed by atoms with Crippen molar-refractivity contribution in [3.05, 3.63) is 33.9 Å². The lowest BCUT2D eigenvalue weighted by atomic mass is 9.78. The van der Waals surface area contributed by atoms with Gasteiger partial charge < -0.3 is 10.1 Å². The molecule has 0 aromatic heterocycles. The first-order chi connectivity index (χ1) is 11.1. The van der Waals surface area contributed by atoms with Crippen LogP contribution >= 0.6 is 0 Å². The van der Waals surface area contributed by atoms with Crippen molar-refractivity contribution >= 4 is 5.69 Å². The van der Waals surface area contributed by atoms with Gasteiger partial charge in [0, 0.05) is 30.8 Å². The van der Waals surface area contributed by atoms with E-state index in [-0.39, 0.29) is 10.6 Å². The zero-order valence-electron chi connectivity index (χ0n) is 13.7. The SMILES string of the molecule is CCOc1ccc([N+](=O)[O-])cc1CN1CCC2(CCNCC2)C1. The molecule has 1 N–H and O–H groups in total. The van der Waals surface area contributed by atoms with Gasteiger partial charge in [0.15, 0.2) is 0 Å². The van der Waals surface area contributed by atoms with Crippen molar-refractivity contribution in [2.45, 2.75) is 32.7 Å². The van der Waals surface area contributed by atoms with Gasteiger partial charge in [-0.15, -0.1) is 0 Å². The smallest absolute Gasteiger partial charge is 0.270 e. The molecule has 23 heavy (non-hydrogen) atoms. The normalized spacial score (nSPS) is 20.7. The highest BCUT2D eigenvalue weighted by atomic mass is 16.6. The van der Waals surface area contributed by atoms with E-state index < -0.39 is 0 Å². The van der Waals surface area contributed by atoms with Gasteiger partial charge in [-0.05, 0) is 57.3 Å². The number of ether oxygens (including phenoxy) is 1. The molecule has 1 aromatic rings. The van der Waals surface area contributed by atoms with Gasteiger partial charge in [0.2, 0.25) is 0 Å². The minimum absolute atomic E-state index is 0.138. The molecule has 2 saturated heterocycles. The van der Waals surface area contributed by atoms with Crippen LogP contribution < -0.4 is 10.1 Å². The van der Waals surface area contributed by atoms with Gasteiger partial charge in [-0.1, -0.05) is 0 Å². The van der Waals surface area contributed by atoms with Gasteiger partial charge in [0.1, 0.15) is 5.75 Å². The number of likely N-dealkylation sites (tertiary alicyclic amines) is 1. The number of hydrogen-bond acceptors (Lipinski definition) is 5. The highest BCUT2D eigenvalue weighted by Crippen LogP contribution is 2.39. The molecule has 0 atom stereocenters. The highest BCUT2D eigenvalue weighted by molar-refractivity contribution is 5.43. The topological polar surface area (TPSA) is 67.6 Å². The van der Waals surface area contributed by atoms with Crippen LogP contribution in [-0.4, -0.2) is 42.6 Å². The maximum absolute atomic E-state index is 11.0. The molecule has 0 aliphatic carbocycles. The Labute approximate surface area is 137 Å². The van der Waals surface area contributed by atoms with Crippen LogP contribution in [0.4, 0.5) is 5.69 Å². The van der Waals surface area contributed by atoms with Crippen molar-refractivity contribution in [3.8, 4) is 5.75 Å². The van der Waals surface area contributed by atoms with E-state index in [2.05, 4.69) is 10.2 Å². The zero-order valence-corrected chi connectivity index (χ0v) is 13.7. The van der Waals surface area contributed by atoms with Crippen LogP contribution in [0.15, 0.2) is 18.2 Å². The van der Waals surface area contributed by atoms with Gasteiger partial charge in [0.25, 0.3) is 5.69 Å². The molecule has 2 aliphatic rings. The molecule has 0 radical (unpaired) electrons. The lowest BCUT2D eigenvalue weighted by molar-refractivity contribution is -0.385. The number of nitrogens with one attached hydrogen (secondary N) is 1. The highest BCUT2D eigenvalue weighted by Gasteiger charge is 2.38. The minimum Gasteiger partial charge on any atom is -0.494 e. The Bertz CT molecular complexity index is 570. The molecule has 1 spiro atoms. The number of nitro groups is 1. The van der Waals surface area contributed by atoms with Crippen LogP contribution in [0.2, 0.25) is 0 Å². The molecule has 0 saturated carbocycles. The van der Waals surface area contributed by atoms with Crippen LogP contribution in [0, 0.1) is 15.5 Å². The number of non-ortho nitro benzene ring substituents is 1. The van der Waals surface area contributed by atoms with E-state index in [1.54, 1.807) is 12.1 Å². The number of nitrogens with zero attached hydrogens (tertiary/aromatic N) is 2. The molecular formula is C17H25N3O3. The van der Waals surface area contributed by atoms with Crippen molar-refractivity contribution in [1.82, 2.24) is 10.2 Å². The molecule has 126 valence electrons. The van der Waals surface area contributed by atoms with E-state index in [1.807, 2.05) is 6.92 Å². The minimum atomic E-state index is -0.336. The Balaban J connectivity index is 1.73. The zero-order chi connectivity index (χ0) is 16.3. The van der Waals surface area contributed by atoms with Crippen LogP contribution in [0.5, 0.6) is 5.75 Å². The lowest BCUT2D eigenvalue weighted by Crippen LogP contribution is -2.38. The first kappa shape index (κ1) is 16.2. The Morgan fingerprint density at radius 1 is 1.35 bits per heavy atom. The predicted octanol–water partition coefficient (Wildman–Crippen LogP) is 2.57. The van der Waals surface area contributed by atoms with Crippen LogP contribution in [0.25, 0.3) is 0 Å². The molecule has 0 unspecified atom stereocenters. The third kappa shape index (κ3) is 3.64. The molecule has 2 heterocycles. The van der Waals surface area contributed by atoms with Crippen LogP contribution in [0.1, 0.15) is 31.7 Å². The van der Waals surface area contributed by atoms with Crippen LogP contribution in [-0.2, 0) is 6.54 Å². The number of benzene rings is 1. The van der Waals surface area contributed by atoms with E-state index in [4.69, 9.17) is 4.74 Å². The quantitative estimate of drug-likeness (QED) is 0.667. The maximum atomic E-state index is 11.0. The molecule has 1 aromatic carbocycles. The third-order valence-electron chi connectivity index (χ3n) is 5.13. The Hall–Kier alpha value is -1.66. The summed E-state index contributed by atoms with van der Waals surface area (Å²) < 4.78 is 5.66. The average Bonchev–Trinajstić information content (AvgIpc) is 2.92. The van der Waals surface area contributed by atoms with Gasteiger partial charge in [0.05, 0.1) is 11.5 Å².